The summed E-state index contributed by atoms with van der Waals surface area (Å²) >= 11 is 5.04. The van der Waals surface area contributed by atoms with E-state index in [0.29, 0.717) is 6.54 Å². The number of rotatable bonds is 5. The number of carbonyl (C=O) groups is 1. The van der Waals surface area contributed by atoms with Crippen LogP contribution in [0.4, 0.5) is 0 Å². The SMILES string of the molecule is CN(CCc1ccc(Br)s1)C(=O)C(N)CO. The van der Waals surface area contributed by atoms with Crippen molar-refractivity contribution in [2.24, 2.45) is 5.73 Å². The molecule has 3 N–H and O–H groups in total. The summed E-state index contributed by atoms with van der Waals surface area (Å²) in [6.07, 6.45) is 0.802. The number of hydrogen-bond donors (Lipinski definition) is 2. The number of thiophene rings is 1. The summed E-state index contributed by atoms with van der Waals surface area (Å²) in [6, 6.07) is 3.21. The van der Waals surface area contributed by atoms with Crippen LogP contribution in [0.5, 0.6) is 0 Å². The molecule has 1 amide bonds. The molecule has 0 saturated heterocycles. The smallest absolute Gasteiger partial charge is 0.241 e. The van der Waals surface area contributed by atoms with Crippen LogP contribution in [-0.4, -0.2) is 42.2 Å². The fourth-order valence-electron chi connectivity index (χ4n) is 1.24. The number of nitrogens with zero attached hydrogens (tertiary/aromatic N) is 1. The topological polar surface area (TPSA) is 66.6 Å². The summed E-state index contributed by atoms with van der Waals surface area (Å²) in [6.45, 7) is 0.299. The molecule has 0 bridgehead atoms. The first-order chi connectivity index (χ1) is 7.54. The highest BCUT2D eigenvalue weighted by atomic mass is 79.9. The van der Waals surface area contributed by atoms with Crippen molar-refractivity contribution < 1.29 is 9.90 Å². The van der Waals surface area contributed by atoms with Crippen molar-refractivity contribution in [2.45, 2.75) is 12.5 Å². The zero-order valence-corrected chi connectivity index (χ0v) is 11.4. The van der Waals surface area contributed by atoms with Crippen molar-refractivity contribution in [1.29, 1.82) is 0 Å². The van der Waals surface area contributed by atoms with Crippen molar-refractivity contribution in [3.05, 3.63) is 20.8 Å². The van der Waals surface area contributed by atoms with Gasteiger partial charge >= 0.3 is 0 Å². The Kier molecular flexibility index (Phi) is 5.40. The first-order valence-electron chi connectivity index (χ1n) is 4.90. The first kappa shape index (κ1) is 13.6. The van der Waals surface area contributed by atoms with Gasteiger partial charge in [0.25, 0.3) is 0 Å². The maximum Gasteiger partial charge on any atom is 0.241 e. The van der Waals surface area contributed by atoms with Gasteiger partial charge in [0, 0.05) is 18.5 Å². The van der Waals surface area contributed by atoms with Crippen molar-refractivity contribution >= 4 is 33.2 Å². The molecule has 1 aromatic heterocycles. The normalized spacial score (nSPS) is 12.5. The number of nitrogens with two attached hydrogens (primary N) is 1. The summed E-state index contributed by atoms with van der Waals surface area (Å²) in [5.41, 5.74) is 5.44. The third-order valence-corrected chi connectivity index (χ3v) is 3.90. The number of amides is 1. The molecule has 0 fully saturated rings. The van der Waals surface area contributed by atoms with Gasteiger partial charge in [-0.25, -0.2) is 0 Å². The van der Waals surface area contributed by atoms with Crippen LogP contribution in [0.15, 0.2) is 15.9 Å². The number of hydrogen-bond acceptors (Lipinski definition) is 4. The van der Waals surface area contributed by atoms with Gasteiger partial charge in [0.2, 0.25) is 5.91 Å². The van der Waals surface area contributed by atoms with Crippen LogP contribution in [0.1, 0.15) is 4.88 Å². The molecule has 16 heavy (non-hydrogen) atoms. The van der Waals surface area contributed by atoms with E-state index in [1.54, 1.807) is 23.3 Å². The molecule has 1 atom stereocenters. The molecule has 90 valence electrons. The van der Waals surface area contributed by atoms with Crippen molar-refractivity contribution in [1.82, 2.24) is 4.90 Å². The summed E-state index contributed by atoms with van der Waals surface area (Å²) in [5, 5.41) is 8.77. The number of likely N-dealkylation sites (N-methyl/N-ethyl adjacent to an activating group) is 1. The van der Waals surface area contributed by atoms with E-state index in [1.807, 2.05) is 12.1 Å². The summed E-state index contributed by atoms with van der Waals surface area (Å²) < 4.78 is 1.09. The van der Waals surface area contributed by atoms with E-state index in [2.05, 4.69) is 15.9 Å². The van der Waals surface area contributed by atoms with Gasteiger partial charge in [0.1, 0.15) is 6.04 Å². The average molecular weight is 307 g/mol. The highest BCUT2D eigenvalue weighted by Crippen LogP contribution is 2.22. The Morgan fingerprint density at radius 3 is 2.88 bits per heavy atom. The second-order valence-electron chi connectivity index (χ2n) is 3.50. The molecule has 0 saturated carbocycles. The fraction of sp³-hybridized carbons (Fsp3) is 0.500. The second-order valence-corrected chi connectivity index (χ2v) is 6.05. The van der Waals surface area contributed by atoms with Gasteiger partial charge in [-0.3, -0.25) is 4.79 Å². The van der Waals surface area contributed by atoms with Gasteiger partial charge in [0.15, 0.2) is 0 Å². The predicted molar refractivity (Wildman–Crippen MR) is 68.4 cm³/mol. The zero-order chi connectivity index (χ0) is 12.1. The molecule has 0 spiro atoms. The largest absolute Gasteiger partial charge is 0.394 e. The van der Waals surface area contributed by atoms with Gasteiger partial charge in [-0.05, 0) is 34.5 Å². The lowest BCUT2D eigenvalue weighted by atomic mass is 10.2. The standard InChI is InChI=1S/C10H15BrN2O2S/c1-13(10(15)8(12)6-14)5-4-7-2-3-9(11)16-7/h2-3,8,14H,4-6,12H2,1H3. The Morgan fingerprint density at radius 1 is 1.69 bits per heavy atom. The van der Waals surface area contributed by atoms with Crippen LogP contribution in [0.2, 0.25) is 0 Å². The molecule has 4 nitrogen and oxygen atoms in total. The van der Waals surface area contributed by atoms with E-state index in [-0.39, 0.29) is 12.5 Å². The van der Waals surface area contributed by atoms with Crippen molar-refractivity contribution in [3.8, 4) is 0 Å². The minimum atomic E-state index is -0.805. The fourth-order valence-corrected chi connectivity index (χ4v) is 2.71. The molecule has 1 rings (SSSR count). The number of aliphatic hydroxyl groups excluding tert-OH is 1. The lowest BCUT2D eigenvalue weighted by molar-refractivity contribution is -0.132. The molecule has 6 heteroatoms. The molecule has 0 aliphatic carbocycles. The van der Waals surface area contributed by atoms with Gasteiger partial charge in [-0.2, -0.15) is 0 Å². The molecule has 1 aromatic rings. The Balaban J connectivity index is 2.40. The van der Waals surface area contributed by atoms with E-state index >= 15 is 0 Å². The summed E-state index contributed by atoms with van der Waals surface area (Å²) in [7, 11) is 1.69. The molecular formula is C10H15BrN2O2S. The van der Waals surface area contributed by atoms with Crippen LogP contribution < -0.4 is 5.73 Å². The van der Waals surface area contributed by atoms with Crippen LogP contribution in [0.3, 0.4) is 0 Å². The Hall–Kier alpha value is -0.430. The number of halogens is 1. The third kappa shape index (κ3) is 3.86. The lowest BCUT2D eigenvalue weighted by Gasteiger charge is -2.19. The minimum Gasteiger partial charge on any atom is -0.394 e. The van der Waals surface area contributed by atoms with Crippen LogP contribution >= 0.6 is 27.3 Å². The summed E-state index contributed by atoms with van der Waals surface area (Å²) in [4.78, 5) is 14.3. The van der Waals surface area contributed by atoms with E-state index in [9.17, 15) is 4.79 Å². The Morgan fingerprint density at radius 2 is 2.38 bits per heavy atom. The third-order valence-electron chi connectivity index (χ3n) is 2.21. The van der Waals surface area contributed by atoms with Crippen molar-refractivity contribution in [2.75, 3.05) is 20.2 Å². The predicted octanol–water partition coefficient (Wildman–Crippen LogP) is 0.831. The van der Waals surface area contributed by atoms with Crippen LogP contribution in [0, 0.1) is 0 Å². The average Bonchev–Trinajstić information content (AvgIpc) is 2.69. The molecule has 1 heterocycles. The van der Waals surface area contributed by atoms with E-state index in [4.69, 9.17) is 10.8 Å². The van der Waals surface area contributed by atoms with Crippen molar-refractivity contribution in [3.63, 3.8) is 0 Å². The molecule has 0 radical (unpaired) electrons. The monoisotopic (exact) mass is 306 g/mol. The summed E-state index contributed by atoms with van der Waals surface area (Å²) in [5.74, 6) is -0.224. The van der Waals surface area contributed by atoms with Crippen LogP contribution in [0.25, 0.3) is 0 Å². The Bertz CT molecular complexity index is 356. The highest BCUT2D eigenvalue weighted by molar-refractivity contribution is 9.11. The van der Waals surface area contributed by atoms with Crippen LogP contribution in [-0.2, 0) is 11.2 Å². The van der Waals surface area contributed by atoms with E-state index < -0.39 is 6.04 Å². The maximum absolute atomic E-state index is 11.5. The molecule has 0 aliphatic heterocycles. The first-order valence-corrected chi connectivity index (χ1v) is 6.51. The molecule has 0 aliphatic rings. The van der Waals surface area contributed by atoms with E-state index in [0.717, 1.165) is 10.2 Å². The second kappa shape index (κ2) is 6.34. The zero-order valence-electron chi connectivity index (χ0n) is 9.02. The van der Waals surface area contributed by atoms with E-state index in [1.165, 1.54) is 4.88 Å². The van der Waals surface area contributed by atoms with Gasteiger partial charge in [-0.15, -0.1) is 11.3 Å². The maximum atomic E-state index is 11.5. The molecule has 1 unspecified atom stereocenters. The molecular weight excluding hydrogens is 292 g/mol. The van der Waals surface area contributed by atoms with Gasteiger partial charge in [0.05, 0.1) is 10.4 Å². The Labute approximate surface area is 107 Å². The number of aliphatic hydroxyl groups is 1. The highest BCUT2D eigenvalue weighted by Gasteiger charge is 2.16. The lowest BCUT2D eigenvalue weighted by Crippen LogP contribution is -2.44. The van der Waals surface area contributed by atoms with Gasteiger partial charge < -0.3 is 15.7 Å². The quantitative estimate of drug-likeness (QED) is 0.847. The minimum absolute atomic E-state index is 0.224. The van der Waals surface area contributed by atoms with Gasteiger partial charge in [-0.1, -0.05) is 0 Å². The number of carbonyl (C=O) groups excluding carboxylic acids is 1. The molecule has 0 aromatic carbocycles.